The van der Waals surface area contributed by atoms with Crippen LogP contribution in [0.5, 0.6) is 0 Å². The van der Waals surface area contributed by atoms with Gasteiger partial charge in [-0.2, -0.15) is 4.98 Å². The summed E-state index contributed by atoms with van der Waals surface area (Å²) in [7, 11) is 0. The summed E-state index contributed by atoms with van der Waals surface area (Å²) in [5, 5.41) is 6.85. The van der Waals surface area contributed by atoms with E-state index in [1.165, 1.54) is 5.56 Å². The highest BCUT2D eigenvalue weighted by Crippen LogP contribution is 2.33. The SMILES string of the molecule is O=C1Cc2cc(CCCc3nc(-c4cccn(C5CC5)c4=O)no3)ccc2N1. The number of nitrogens with zero attached hydrogens (tertiary/aromatic N) is 3. The summed E-state index contributed by atoms with van der Waals surface area (Å²) in [5.41, 5.74) is 3.58. The Morgan fingerprint density at radius 2 is 2.07 bits per heavy atom. The molecule has 1 amide bonds. The summed E-state index contributed by atoms with van der Waals surface area (Å²) < 4.78 is 7.11. The van der Waals surface area contributed by atoms with Crippen LogP contribution in [0.2, 0.25) is 0 Å². The first-order chi connectivity index (χ1) is 13.7. The highest BCUT2D eigenvalue weighted by Gasteiger charge is 2.25. The third kappa shape index (κ3) is 3.24. The molecule has 7 nitrogen and oxygen atoms in total. The monoisotopic (exact) mass is 376 g/mol. The number of fused-ring (bicyclic) bond motifs is 1. The van der Waals surface area contributed by atoms with E-state index in [4.69, 9.17) is 4.52 Å². The molecule has 28 heavy (non-hydrogen) atoms. The Morgan fingerprint density at radius 1 is 1.18 bits per heavy atom. The first kappa shape index (κ1) is 16.9. The maximum Gasteiger partial charge on any atom is 0.262 e. The number of nitrogens with one attached hydrogen (secondary N) is 1. The second-order valence-electron chi connectivity index (χ2n) is 7.45. The van der Waals surface area contributed by atoms with Crippen molar-refractivity contribution in [3.63, 3.8) is 0 Å². The lowest BCUT2D eigenvalue weighted by molar-refractivity contribution is -0.115. The minimum Gasteiger partial charge on any atom is -0.339 e. The average Bonchev–Trinajstić information content (AvgIpc) is 3.30. The smallest absolute Gasteiger partial charge is 0.262 e. The van der Waals surface area contributed by atoms with Crippen LogP contribution >= 0.6 is 0 Å². The van der Waals surface area contributed by atoms with Crippen molar-refractivity contribution in [3.05, 3.63) is 63.9 Å². The summed E-state index contributed by atoms with van der Waals surface area (Å²) in [6.45, 7) is 0. The van der Waals surface area contributed by atoms with Gasteiger partial charge < -0.3 is 14.4 Å². The fourth-order valence-corrected chi connectivity index (χ4v) is 3.67. The molecule has 0 radical (unpaired) electrons. The fraction of sp³-hybridized carbons (Fsp3) is 0.333. The summed E-state index contributed by atoms with van der Waals surface area (Å²) in [6.07, 6.45) is 6.73. The van der Waals surface area contributed by atoms with E-state index in [0.717, 1.165) is 36.9 Å². The quantitative estimate of drug-likeness (QED) is 0.714. The zero-order valence-corrected chi connectivity index (χ0v) is 15.4. The first-order valence-corrected chi connectivity index (χ1v) is 9.63. The minimum atomic E-state index is -0.0568. The van der Waals surface area contributed by atoms with Gasteiger partial charge >= 0.3 is 0 Å². The molecule has 2 aliphatic rings. The average molecular weight is 376 g/mol. The standard InChI is InChI=1S/C21H20N4O3/c26-18-12-14-11-13(6-9-17(14)22-18)3-1-5-19-23-20(24-28-19)16-4-2-10-25(21(16)27)15-7-8-15/h2,4,6,9-11,15H,1,3,5,7-8,12H2,(H,22,26). The third-order valence-electron chi connectivity index (χ3n) is 5.27. The summed E-state index contributed by atoms with van der Waals surface area (Å²) in [6, 6.07) is 10.00. The minimum absolute atomic E-state index is 0.0483. The van der Waals surface area contributed by atoms with Gasteiger partial charge in [-0.15, -0.1) is 0 Å². The van der Waals surface area contributed by atoms with Crippen LogP contribution < -0.4 is 10.9 Å². The molecule has 1 aliphatic carbocycles. The van der Waals surface area contributed by atoms with Gasteiger partial charge in [-0.05, 0) is 55.0 Å². The van der Waals surface area contributed by atoms with E-state index >= 15 is 0 Å². The van der Waals surface area contributed by atoms with Gasteiger partial charge in [0.2, 0.25) is 17.6 Å². The van der Waals surface area contributed by atoms with Gasteiger partial charge in [0.1, 0.15) is 0 Å². The maximum atomic E-state index is 12.6. The zero-order valence-electron chi connectivity index (χ0n) is 15.4. The molecule has 1 saturated carbocycles. The number of aromatic nitrogens is 3. The Morgan fingerprint density at radius 3 is 2.93 bits per heavy atom. The topological polar surface area (TPSA) is 90.0 Å². The van der Waals surface area contributed by atoms with Gasteiger partial charge in [0.25, 0.3) is 5.56 Å². The largest absolute Gasteiger partial charge is 0.339 e. The molecule has 2 aromatic heterocycles. The Labute approximate surface area is 161 Å². The van der Waals surface area contributed by atoms with Crippen LogP contribution in [-0.4, -0.2) is 20.6 Å². The number of rotatable bonds is 6. The molecule has 5 rings (SSSR count). The number of pyridine rings is 1. The van der Waals surface area contributed by atoms with E-state index in [2.05, 4.69) is 21.5 Å². The van der Waals surface area contributed by atoms with Crippen LogP contribution in [0.4, 0.5) is 5.69 Å². The molecule has 142 valence electrons. The van der Waals surface area contributed by atoms with Crippen molar-refractivity contribution in [2.75, 3.05) is 5.32 Å². The van der Waals surface area contributed by atoms with Crippen molar-refractivity contribution in [2.24, 2.45) is 0 Å². The Bertz CT molecular complexity index is 1110. The molecule has 7 heteroatoms. The van der Waals surface area contributed by atoms with E-state index in [1.54, 1.807) is 10.6 Å². The molecule has 0 saturated heterocycles. The van der Waals surface area contributed by atoms with E-state index < -0.39 is 0 Å². The first-order valence-electron chi connectivity index (χ1n) is 9.63. The summed E-state index contributed by atoms with van der Waals surface area (Å²) >= 11 is 0. The Kier molecular flexibility index (Phi) is 4.07. The lowest BCUT2D eigenvalue weighted by Crippen LogP contribution is -2.20. The van der Waals surface area contributed by atoms with Crippen LogP contribution in [0.15, 0.2) is 45.8 Å². The lowest BCUT2D eigenvalue weighted by atomic mass is 10.0. The molecule has 1 aromatic carbocycles. The highest BCUT2D eigenvalue weighted by atomic mass is 16.5. The second-order valence-corrected chi connectivity index (χ2v) is 7.45. The molecule has 3 heterocycles. The second kappa shape index (κ2) is 6.74. The Balaban J connectivity index is 1.24. The molecule has 1 fully saturated rings. The molecular formula is C21H20N4O3. The van der Waals surface area contributed by atoms with Crippen molar-refractivity contribution in [1.29, 1.82) is 0 Å². The van der Waals surface area contributed by atoms with Gasteiger partial charge in [-0.1, -0.05) is 17.3 Å². The van der Waals surface area contributed by atoms with Crippen LogP contribution in [0.3, 0.4) is 0 Å². The molecule has 3 aromatic rings. The molecule has 1 aliphatic heterocycles. The predicted molar refractivity (Wildman–Crippen MR) is 103 cm³/mol. The van der Waals surface area contributed by atoms with Gasteiger partial charge in [-0.3, -0.25) is 9.59 Å². The number of carbonyl (C=O) groups excluding carboxylic acids is 1. The van der Waals surface area contributed by atoms with Gasteiger partial charge in [-0.25, -0.2) is 0 Å². The predicted octanol–water partition coefficient (Wildman–Crippen LogP) is 2.90. The fourth-order valence-electron chi connectivity index (χ4n) is 3.67. The van der Waals surface area contributed by atoms with Crippen molar-refractivity contribution in [3.8, 4) is 11.4 Å². The summed E-state index contributed by atoms with van der Waals surface area (Å²) in [5.74, 6) is 0.943. The number of anilines is 1. The maximum absolute atomic E-state index is 12.6. The van der Waals surface area contributed by atoms with Crippen LogP contribution in [0, 0.1) is 0 Å². The van der Waals surface area contributed by atoms with Crippen LogP contribution in [-0.2, 0) is 24.1 Å². The van der Waals surface area contributed by atoms with Gasteiger partial charge in [0, 0.05) is 24.3 Å². The number of aryl methyl sites for hydroxylation is 2. The number of amides is 1. The number of hydrogen-bond acceptors (Lipinski definition) is 5. The van der Waals surface area contributed by atoms with Crippen molar-refractivity contribution >= 4 is 11.6 Å². The summed E-state index contributed by atoms with van der Waals surface area (Å²) in [4.78, 5) is 28.5. The number of carbonyl (C=O) groups is 1. The third-order valence-corrected chi connectivity index (χ3v) is 5.27. The van der Waals surface area contributed by atoms with Crippen molar-refractivity contribution in [1.82, 2.24) is 14.7 Å². The van der Waals surface area contributed by atoms with E-state index in [-0.39, 0.29) is 11.5 Å². The number of benzene rings is 1. The normalized spacial score (nSPS) is 15.5. The van der Waals surface area contributed by atoms with Crippen molar-refractivity contribution in [2.45, 2.75) is 44.6 Å². The lowest BCUT2D eigenvalue weighted by Gasteiger charge is -2.03. The van der Waals surface area contributed by atoms with E-state index in [9.17, 15) is 9.59 Å². The molecule has 0 unspecified atom stereocenters. The van der Waals surface area contributed by atoms with Crippen molar-refractivity contribution < 1.29 is 9.32 Å². The van der Waals surface area contributed by atoms with Crippen LogP contribution in [0.25, 0.3) is 11.4 Å². The Hall–Kier alpha value is -3.22. The van der Waals surface area contributed by atoms with Crippen LogP contribution in [0.1, 0.15) is 42.3 Å². The van der Waals surface area contributed by atoms with E-state index in [1.807, 2.05) is 24.4 Å². The highest BCUT2D eigenvalue weighted by molar-refractivity contribution is 5.99. The molecular weight excluding hydrogens is 356 g/mol. The molecule has 1 N–H and O–H groups in total. The van der Waals surface area contributed by atoms with Gasteiger partial charge in [0.15, 0.2) is 0 Å². The molecule has 0 spiro atoms. The molecule has 0 bridgehead atoms. The zero-order chi connectivity index (χ0) is 19.1. The van der Waals surface area contributed by atoms with E-state index in [0.29, 0.717) is 36.2 Å². The molecule has 0 atom stereocenters. The van der Waals surface area contributed by atoms with Gasteiger partial charge in [0.05, 0.1) is 12.0 Å². The number of hydrogen-bond donors (Lipinski definition) is 1.